The van der Waals surface area contributed by atoms with E-state index in [-0.39, 0.29) is 11.0 Å². The summed E-state index contributed by atoms with van der Waals surface area (Å²) in [7, 11) is 0. The Balaban J connectivity index is 1.54. The van der Waals surface area contributed by atoms with Crippen molar-refractivity contribution in [3.05, 3.63) is 29.3 Å². The molecule has 148 valence electrons. The van der Waals surface area contributed by atoms with Crippen LogP contribution in [-0.2, 0) is 4.79 Å². The molecule has 3 rings (SSSR count). The topological polar surface area (TPSA) is 97.1 Å². The van der Waals surface area contributed by atoms with Crippen molar-refractivity contribution in [1.29, 1.82) is 0 Å². The van der Waals surface area contributed by atoms with Crippen LogP contribution in [0.4, 0.5) is 4.79 Å². The molecule has 0 fully saturated rings. The van der Waals surface area contributed by atoms with Crippen molar-refractivity contribution < 1.29 is 14.0 Å². The zero-order chi connectivity index (χ0) is 20.1. The number of amides is 3. The van der Waals surface area contributed by atoms with Gasteiger partial charge in [0.05, 0.1) is 10.8 Å². The molecule has 2 N–H and O–H groups in total. The second-order valence-electron chi connectivity index (χ2n) is 6.39. The monoisotopic (exact) mass is 438 g/mol. The number of carbonyl (C=O) groups is 2. The van der Waals surface area contributed by atoms with E-state index in [4.69, 9.17) is 16.0 Å². The molecule has 0 saturated heterocycles. The summed E-state index contributed by atoms with van der Waals surface area (Å²) in [4.78, 5) is 24.2. The van der Waals surface area contributed by atoms with E-state index >= 15 is 0 Å². The summed E-state index contributed by atoms with van der Waals surface area (Å²) in [6.07, 6.45) is 0.849. The van der Waals surface area contributed by atoms with Gasteiger partial charge in [-0.05, 0) is 18.4 Å². The highest BCUT2D eigenvalue weighted by Gasteiger charge is 2.18. The number of hydrogen-bond donors (Lipinski definition) is 2. The van der Waals surface area contributed by atoms with Gasteiger partial charge >= 0.3 is 6.03 Å². The lowest BCUT2D eigenvalue weighted by Crippen LogP contribution is -2.40. The summed E-state index contributed by atoms with van der Waals surface area (Å²) in [5.74, 6) is 0.333. The number of thioether (sulfide) groups is 1. The number of benzene rings is 1. The molecule has 0 aliphatic carbocycles. The minimum Gasteiger partial charge on any atom is -0.410 e. The third-order valence-electron chi connectivity index (χ3n) is 3.72. The molecule has 0 aliphatic heterocycles. The summed E-state index contributed by atoms with van der Waals surface area (Å²) in [6, 6.07) is 7.25. The van der Waals surface area contributed by atoms with Gasteiger partial charge in [-0.15, -0.1) is 21.5 Å². The molecule has 0 unspecified atom stereocenters. The van der Waals surface area contributed by atoms with Crippen molar-refractivity contribution in [3.63, 3.8) is 0 Å². The Kier molecular flexibility index (Phi) is 6.93. The molecule has 0 atom stereocenters. The fourth-order valence-corrected chi connectivity index (χ4v) is 4.32. The third kappa shape index (κ3) is 5.24. The number of nitrogens with zero attached hydrogens (tertiary/aromatic N) is 2. The molecular formula is C18H19ClN4O3S2. The molecule has 0 radical (unpaired) electrons. The highest BCUT2D eigenvalue weighted by atomic mass is 35.5. The summed E-state index contributed by atoms with van der Waals surface area (Å²) in [5.41, 5.74) is 0. The summed E-state index contributed by atoms with van der Waals surface area (Å²) >= 11 is 8.93. The summed E-state index contributed by atoms with van der Waals surface area (Å²) < 4.78 is 6.64. The van der Waals surface area contributed by atoms with Gasteiger partial charge < -0.3 is 9.73 Å². The van der Waals surface area contributed by atoms with Gasteiger partial charge in [-0.3, -0.25) is 10.1 Å². The van der Waals surface area contributed by atoms with Gasteiger partial charge in [0, 0.05) is 16.6 Å². The first-order valence-electron chi connectivity index (χ1n) is 8.65. The van der Waals surface area contributed by atoms with E-state index in [0.29, 0.717) is 28.3 Å². The number of nitrogens with one attached hydrogen (secondary N) is 2. The summed E-state index contributed by atoms with van der Waals surface area (Å²) in [6.45, 7) is 4.64. The molecule has 0 spiro atoms. The number of carbonyl (C=O) groups excluding carboxylic acids is 2. The second-order valence-corrected chi connectivity index (χ2v) is 8.75. The Morgan fingerprint density at radius 3 is 2.82 bits per heavy atom. The Morgan fingerprint density at radius 2 is 2.07 bits per heavy atom. The van der Waals surface area contributed by atoms with Crippen molar-refractivity contribution in [1.82, 2.24) is 20.8 Å². The number of urea groups is 1. The van der Waals surface area contributed by atoms with Gasteiger partial charge in [0.25, 0.3) is 11.1 Å². The number of aromatic nitrogens is 2. The standard InChI is InChI=1S/C18H19ClN4O3S2/c1-10(2)7-8-20-17(25)21-13(24)9-27-18-23-22-16(26-18)15-14(19)11-5-3-4-6-12(11)28-15/h3-6,10H,7-9H2,1-2H3,(H2,20,21,24,25). The van der Waals surface area contributed by atoms with Crippen molar-refractivity contribution in [3.8, 4) is 10.8 Å². The third-order valence-corrected chi connectivity index (χ3v) is 6.20. The molecule has 3 aromatic rings. The molecule has 0 bridgehead atoms. The number of thiophene rings is 1. The molecule has 28 heavy (non-hydrogen) atoms. The van der Waals surface area contributed by atoms with E-state index in [1.807, 2.05) is 24.3 Å². The first kappa shape index (κ1) is 20.6. The SMILES string of the molecule is CC(C)CCNC(=O)NC(=O)CSc1nnc(-c2sc3ccccc3c2Cl)o1. The van der Waals surface area contributed by atoms with E-state index in [2.05, 4.69) is 34.7 Å². The molecule has 0 aliphatic rings. The number of rotatable bonds is 7. The first-order chi connectivity index (χ1) is 13.4. The minimum absolute atomic E-state index is 0.0145. The van der Waals surface area contributed by atoms with Crippen LogP contribution in [0.5, 0.6) is 0 Å². The van der Waals surface area contributed by atoms with E-state index in [0.717, 1.165) is 28.3 Å². The molecule has 1 aromatic carbocycles. The van der Waals surface area contributed by atoms with Gasteiger partial charge in [0.2, 0.25) is 5.91 Å². The van der Waals surface area contributed by atoms with Crippen molar-refractivity contribution in [2.75, 3.05) is 12.3 Å². The van der Waals surface area contributed by atoms with Crippen LogP contribution in [0.1, 0.15) is 20.3 Å². The van der Waals surface area contributed by atoms with Gasteiger partial charge in [0.15, 0.2) is 0 Å². The Labute approximate surface area is 175 Å². The molecular weight excluding hydrogens is 420 g/mol. The van der Waals surface area contributed by atoms with Crippen molar-refractivity contribution in [2.45, 2.75) is 25.5 Å². The predicted octanol–water partition coefficient (Wildman–Crippen LogP) is 4.57. The normalized spacial score (nSPS) is 11.1. The van der Waals surface area contributed by atoms with Gasteiger partial charge in [0.1, 0.15) is 4.88 Å². The van der Waals surface area contributed by atoms with Crippen LogP contribution in [0.15, 0.2) is 33.9 Å². The minimum atomic E-state index is -0.505. The van der Waals surface area contributed by atoms with Crippen LogP contribution < -0.4 is 10.6 Å². The zero-order valence-electron chi connectivity index (χ0n) is 15.3. The quantitative estimate of drug-likeness (QED) is 0.524. The van der Waals surface area contributed by atoms with Gasteiger partial charge in [-0.1, -0.05) is 55.4 Å². The fraction of sp³-hybridized carbons (Fsp3) is 0.333. The van der Waals surface area contributed by atoms with Gasteiger partial charge in [-0.25, -0.2) is 4.79 Å². The average molecular weight is 439 g/mol. The molecule has 0 saturated carbocycles. The maximum atomic E-state index is 11.9. The molecule has 2 aromatic heterocycles. The molecule has 10 heteroatoms. The van der Waals surface area contributed by atoms with E-state index < -0.39 is 11.9 Å². The lowest BCUT2D eigenvalue weighted by molar-refractivity contribution is -0.117. The second kappa shape index (κ2) is 9.40. The van der Waals surface area contributed by atoms with Crippen LogP contribution in [0.2, 0.25) is 5.02 Å². The zero-order valence-corrected chi connectivity index (χ0v) is 17.7. The van der Waals surface area contributed by atoms with Crippen LogP contribution in [0.25, 0.3) is 20.9 Å². The molecule has 3 amide bonds. The fourth-order valence-electron chi connectivity index (χ4n) is 2.32. The highest BCUT2D eigenvalue weighted by molar-refractivity contribution is 7.99. The number of hydrogen-bond acceptors (Lipinski definition) is 7. The van der Waals surface area contributed by atoms with Crippen LogP contribution in [-0.4, -0.2) is 34.4 Å². The Hall–Kier alpha value is -2.10. The Bertz CT molecular complexity index is 986. The van der Waals surface area contributed by atoms with Crippen LogP contribution in [0, 0.1) is 5.92 Å². The largest absolute Gasteiger partial charge is 0.410 e. The van der Waals surface area contributed by atoms with E-state index in [1.54, 1.807) is 0 Å². The van der Waals surface area contributed by atoms with Crippen LogP contribution in [0.3, 0.4) is 0 Å². The molecule has 7 nitrogen and oxygen atoms in total. The number of fused-ring (bicyclic) bond motifs is 1. The van der Waals surface area contributed by atoms with Crippen LogP contribution >= 0.6 is 34.7 Å². The summed E-state index contributed by atoms with van der Waals surface area (Å²) in [5, 5.41) is 14.6. The van der Waals surface area contributed by atoms with Gasteiger partial charge in [-0.2, -0.15) is 0 Å². The lowest BCUT2D eigenvalue weighted by atomic mass is 10.1. The van der Waals surface area contributed by atoms with E-state index in [1.165, 1.54) is 11.3 Å². The predicted molar refractivity (Wildman–Crippen MR) is 112 cm³/mol. The number of halogens is 1. The highest BCUT2D eigenvalue weighted by Crippen LogP contribution is 2.41. The maximum absolute atomic E-state index is 11.9. The number of imide groups is 1. The Morgan fingerprint density at radius 1 is 1.29 bits per heavy atom. The maximum Gasteiger partial charge on any atom is 0.321 e. The smallest absolute Gasteiger partial charge is 0.321 e. The van der Waals surface area contributed by atoms with Crippen molar-refractivity contribution in [2.24, 2.45) is 5.92 Å². The van der Waals surface area contributed by atoms with E-state index in [9.17, 15) is 9.59 Å². The molecule has 2 heterocycles. The average Bonchev–Trinajstić information content (AvgIpc) is 3.24. The van der Waals surface area contributed by atoms with Crippen molar-refractivity contribution >= 4 is 56.7 Å². The lowest BCUT2D eigenvalue weighted by Gasteiger charge is -2.07. The first-order valence-corrected chi connectivity index (χ1v) is 10.8.